The number of ether oxygens (including phenoxy) is 2. The van der Waals surface area contributed by atoms with Crippen LogP contribution in [0.5, 0.6) is 5.75 Å². The molecule has 3 atom stereocenters. The minimum Gasteiger partial charge on any atom is -0.493 e. The Labute approximate surface area is 153 Å². The van der Waals surface area contributed by atoms with Gasteiger partial charge in [-0.3, -0.25) is 9.69 Å². The van der Waals surface area contributed by atoms with Gasteiger partial charge in [-0.2, -0.15) is 0 Å². The molecule has 1 saturated carbocycles. The first-order valence-electron chi connectivity index (χ1n) is 9.12. The van der Waals surface area contributed by atoms with Gasteiger partial charge in [0.25, 0.3) is 0 Å². The molecule has 1 amide bonds. The predicted molar refractivity (Wildman–Crippen MR) is 96.2 cm³/mol. The van der Waals surface area contributed by atoms with Crippen molar-refractivity contribution >= 4 is 17.5 Å². The molecule has 5 nitrogen and oxygen atoms in total. The number of hydrogen-bond acceptors (Lipinski definition) is 4. The standard InChI is InChI=1S/C19H25ClN2O3/c1-13-12-24-9-7-22(13)6-5-21-18(23)16-11-19(16)4-8-25-17-3-2-14(20)10-15(17)19/h2-3,10,13,16H,4-9,11-12H2,1H3,(H,21,23)/t13-,16-,19-/m0/s1. The number of morpholine rings is 1. The van der Waals surface area contributed by atoms with E-state index in [-0.39, 0.29) is 17.2 Å². The normalized spacial score (nSPS) is 31.3. The van der Waals surface area contributed by atoms with Gasteiger partial charge in [-0.1, -0.05) is 11.6 Å². The summed E-state index contributed by atoms with van der Waals surface area (Å²) >= 11 is 6.17. The molecule has 0 bridgehead atoms. The lowest BCUT2D eigenvalue weighted by atomic mass is 9.87. The number of nitrogens with one attached hydrogen (secondary N) is 1. The molecule has 0 radical (unpaired) electrons. The van der Waals surface area contributed by atoms with E-state index in [1.165, 1.54) is 0 Å². The quantitative estimate of drug-likeness (QED) is 0.890. The van der Waals surface area contributed by atoms with Crippen molar-refractivity contribution in [1.82, 2.24) is 10.2 Å². The Bertz CT molecular complexity index is 668. The summed E-state index contributed by atoms with van der Waals surface area (Å²) in [6, 6.07) is 6.16. The zero-order valence-corrected chi connectivity index (χ0v) is 15.3. The van der Waals surface area contributed by atoms with Crippen LogP contribution in [0.3, 0.4) is 0 Å². The highest BCUT2D eigenvalue weighted by atomic mass is 35.5. The molecule has 1 aliphatic carbocycles. The Balaban J connectivity index is 1.35. The van der Waals surface area contributed by atoms with Crippen LogP contribution in [0.4, 0.5) is 0 Å². The molecule has 1 N–H and O–H groups in total. The topological polar surface area (TPSA) is 50.8 Å². The van der Waals surface area contributed by atoms with Crippen LogP contribution in [-0.4, -0.2) is 56.3 Å². The molecule has 1 saturated heterocycles. The van der Waals surface area contributed by atoms with Crippen molar-refractivity contribution in [2.45, 2.75) is 31.2 Å². The average Bonchev–Trinajstić information content (AvgIpc) is 3.32. The molecule has 2 heterocycles. The maximum absolute atomic E-state index is 12.7. The van der Waals surface area contributed by atoms with Gasteiger partial charge in [0.2, 0.25) is 5.91 Å². The van der Waals surface area contributed by atoms with E-state index >= 15 is 0 Å². The van der Waals surface area contributed by atoms with Gasteiger partial charge in [-0.25, -0.2) is 0 Å². The third-order valence-electron chi connectivity index (χ3n) is 5.88. The molecular weight excluding hydrogens is 340 g/mol. The lowest BCUT2D eigenvalue weighted by Gasteiger charge is -2.33. The maximum Gasteiger partial charge on any atom is 0.224 e. The molecule has 1 aromatic rings. The fourth-order valence-corrected chi connectivity index (χ4v) is 4.43. The van der Waals surface area contributed by atoms with Crippen molar-refractivity contribution < 1.29 is 14.3 Å². The van der Waals surface area contributed by atoms with E-state index in [2.05, 4.69) is 17.1 Å². The van der Waals surface area contributed by atoms with Gasteiger partial charge >= 0.3 is 0 Å². The summed E-state index contributed by atoms with van der Waals surface area (Å²) in [5, 5.41) is 3.84. The Morgan fingerprint density at radius 2 is 2.32 bits per heavy atom. The molecule has 4 rings (SSSR count). The summed E-state index contributed by atoms with van der Waals surface area (Å²) in [7, 11) is 0. The maximum atomic E-state index is 12.7. The van der Waals surface area contributed by atoms with Crippen LogP contribution in [0, 0.1) is 5.92 Å². The number of fused-ring (bicyclic) bond motifs is 2. The number of carbonyl (C=O) groups is 1. The lowest BCUT2D eigenvalue weighted by molar-refractivity contribution is -0.123. The number of benzene rings is 1. The van der Waals surface area contributed by atoms with Gasteiger partial charge in [-0.05, 0) is 38.0 Å². The summed E-state index contributed by atoms with van der Waals surface area (Å²) < 4.78 is 11.2. The lowest BCUT2D eigenvalue weighted by Crippen LogP contribution is -2.47. The molecule has 1 aromatic carbocycles. The molecule has 2 aliphatic heterocycles. The first-order chi connectivity index (χ1) is 12.1. The first kappa shape index (κ1) is 17.1. The minimum absolute atomic E-state index is 0.0377. The fraction of sp³-hybridized carbons (Fsp3) is 0.632. The van der Waals surface area contributed by atoms with E-state index in [1.54, 1.807) is 0 Å². The molecule has 1 spiro atoms. The Hall–Kier alpha value is -1.30. The van der Waals surface area contributed by atoms with E-state index in [9.17, 15) is 4.79 Å². The minimum atomic E-state index is -0.0746. The number of nitrogens with zero attached hydrogens (tertiary/aromatic N) is 1. The Morgan fingerprint density at radius 3 is 3.16 bits per heavy atom. The first-order valence-corrected chi connectivity index (χ1v) is 9.50. The molecular formula is C19H25ClN2O3. The average molecular weight is 365 g/mol. The van der Waals surface area contributed by atoms with Crippen molar-refractivity contribution in [2.24, 2.45) is 5.92 Å². The monoisotopic (exact) mass is 364 g/mol. The zero-order valence-electron chi connectivity index (χ0n) is 14.6. The summed E-state index contributed by atoms with van der Waals surface area (Å²) in [6.45, 7) is 6.89. The van der Waals surface area contributed by atoms with Gasteiger partial charge in [-0.15, -0.1) is 0 Å². The third-order valence-corrected chi connectivity index (χ3v) is 6.11. The Kier molecular flexibility index (Phi) is 4.65. The number of hydrogen-bond donors (Lipinski definition) is 1. The van der Waals surface area contributed by atoms with Gasteiger partial charge in [0.05, 0.1) is 19.8 Å². The molecule has 136 valence electrons. The van der Waals surface area contributed by atoms with E-state index in [0.29, 0.717) is 24.2 Å². The van der Waals surface area contributed by atoms with E-state index < -0.39 is 0 Å². The van der Waals surface area contributed by atoms with Crippen molar-refractivity contribution in [3.63, 3.8) is 0 Å². The highest BCUT2D eigenvalue weighted by Crippen LogP contribution is 2.61. The van der Waals surface area contributed by atoms with E-state index in [0.717, 1.165) is 50.5 Å². The molecule has 2 fully saturated rings. The highest BCUT2D eigenvalue weighted by Gasteiger charge is 2.61. The number of rotatable bonds is 4. The van der Waals surface area contributed by atoms with Crippen molar-refractivity contribution in [2.75, 3.05) is 39.5 Å². The van der Waals surface area contributed by atoms with Crippen LogP contribution in [0.1, 0.15) is 25.3 Å². The SMILES string of the molecule is C[C@H]1COCCN1CCNC(=O)[C@@H]1C[C@]12CCOc1ccc(Cl)cc12. The second-order valence-corrected chi connectivity index (χ2v) is 7.84. The van der Waals surface area contributed by atoms with Crippen LogP contribution in [0.25, 0.3) is 0 Å². The van der Waals surface area contributed by atoms with Crippen LogP contribution < -0.4 is 10.1 Å². The van der Waals surface area contributed by atoms with Crippen LogP contribution in [0.2, 0.25) is 5.02 Å². The molecule has 0 aromatic heterocycles. The van der Waals surface area contributed by atoms with Crippen LogP contribution in [-0.2, 0) is 14.9 Å². The highest BCUT2D eigenvalue weighted by molar-refractivity contribution is 6.30. The molecule has 6 heteroatoms. The van der Waals surface area contributed by atoms with Crippen molar-refractivity contribution in [1.29, 1.82) is 0 Å². The van der Waals surface area contributed by atoms with Gasteiger partial charge in [0.1, 0.15) is 5.75 Å². The number of halogens is 1. The smallest absolute Gasteiger partial charge is 0.224 e. The van der Waals surface area contributed by atoms with Gasteiger partial charge < -0.3 is 14.8 Å². The third kappa shape index (κ3) is 3.25. The van der Waals surface area contributed by atoms with Crippen molar-refractivity contribution in [3.05, 3.63) is 28.8 Å². The van der Waals surface area contributed by atoms with E-state index in [4.69, 9.17) is 21.1 Å². The largest absolute Gasteiger partial charge is 0.493 e. The molecule has 3 aliphatic rings. The summed E-state index contributed by atoms with van der Waals surface area (Å²) in [4.78, 5) is 15.0. The number of amides is 1. The summed E-state index contributed by atoms with van der Waals surface area (Å²) in [5.41, 5.74) is 1.03. The van der Waals surface area contributed by atoms with Crippen molar-refractivity contribution in [3.8, 4) is 5.75 Å². The van der Waals surface area contributed by atoms with Crippen LogP contribution >= 0.6 is 11.6 Å². The summed E-state index contributed by atoms with van der Waals surface area (Å²) in [6.07, 6.45) is 1.78. The van der Waals surface area contributed by atoms with E-state index in [1.807, 2.05) is 18.2 Å². The summed E-state index contributed by atoms with van der Waals surface area (Å²) in [5.74, 6) is 1.08. The molecule has 25 heavy (non-hydrogen) atoms. The number of carbonyl (C=O) groups excluding carboxylic acids is 1. The predicted octanol–water partition coefficient (Wildman–Crippen LogP) is 2.22. The van der Waals surface area contributed by atoms with Gasteiger partial charge in [0.15, 0.2) is 0 Å². The fourth-order valence-electron chi connectivity index (χ4n) is 4.26. The van der Waals surface area contributed by atoms with Crippen LogP contribution in [0.15, 0.2) is 18.2 Å². The zero-order chi connectivity index (χ0) is 17.4. The second-order valence-electron chi connectivity index (χ2n) is 7.40. The molecule has 0 unspecified atom stereocenters. The Morgan fingerprint density at radius 1 is 1.44 bits per heavy atom. The van der Waals surface area contributed by atoms with Gasteiger partial charge in [0, 0.05) is 47.6 Å². The second kappa shape index (κ2) is 6.78.